The monoisotopic (exact) mass is 488 g/mol. The third-order valence-corrected chi connectivity index (χ3v) is 6.23. The van der Waals surface area contributed by atoms with Crippen LogP contribution in [0.1, 0.15) is 15.9 Å². The number of fused-ring (bicyclic) bond motifs is 3. The number of carbonyl (C=O) groups excluding carboxylic acids is 1. The fraction of sp³-hybridized carbons (Fsp3) is 0. The molecule has 0 saturated carbocycles. The number of ketones is 1. The van der Waals surface area contributed by atoms with Crippen LogP contribution in [0, 0.1) is 0 Å². The van der Waals surface area contributed by atoms with E-state index < -0.39 is 0 Å². The molecular formula is C25H14Br2O. The van der Waals surface area contributed by atoms with Crippen LogP contribution < -0.4 is 0 Å². The first-order chi connectivity index (χ1) is 13.6. The van der Waals surface area contributed by atoms with E-state index in [0.717, 1.165) is 53.5 Å². The van der Waals surface area contributed by atoms with Crippen molar-refractivity contribution in [1.29, 1.82) is 0 Å². The fourth-order valence-corrected chi connectivity index (χ4v) is 4.34. The van der Waals surface area contributed by atoms with Crippen LogP contribution in [-0.2, 0) is 0 Å². The normalized spacial score (nSPS) is 12.0. The topological polar surface area (TPSA) is 17.1 Å². The molecule has 0 radical (unpaired) electrons. The van der Waals surface area contributed by atoms with Crippen LogP contribution in [-0.4, -0.2) is 5.78 Å². The molecule has 28 heavy (non-hydrogen) atoms. The van der Waals surface area contributed by atoms with E-state index in [0.29, 0.717) is 0 Å². The van der Waals surface area contributed by atoms with Gasteiger partial charge in [-0.25, -0.2) is 0 Å². The Morgan fingerprint density at radius 3 is 1.46 bits per heavy atom. The van der Waals surface area contributed by atoms with Crippen molar-refractivity contribution >= 4 is 37.6 Å². The highest BCUT2D eigenvalue weighted by Crippen LogP contribution is 2.43. The molecule has 0 unspecified atom stereocenters. The molecule has 5 rings (SSSR count). The van der Waals surface area contributed by atoms with E-state index >= 15 is 0 Å². The second kappa shape index (κ2) is 6.84. The lowest BCUT2D eigenvalue weighted by Crippen LogP contribution is -1.96. The molecule has 0 aliphatic heterocycles. The standard InChI is InChI=1S/C25H14Br2O/c26-17-9-5-15(6-10-17)21-13-23-19-3-1-2-4-20(19)25(28)24(23)14-22(21)16-7-11-18(27)12-8-16/h1-14H. The Morgan fingerprint density at radius 2 is 0.929 bits per heavy atom. The number of benzene rings is 4. The second-order valence-electron chi connectivity index (χ2n) is 6.83. The summed E-state index contributed by atoms with van der Waals surface area (Å²) in [5, 5.41) is 0. The van der Waals surface area contributed by atoms with Crippen molar-refractivity contribution in [3.63, 3.8) is 0 Å². The SMILES string of the molecule is O=C1c2ccccc2-c2cc(-c3ccc(Br)cc3)c(-c3ccc(Br)cc3)cc21. The van der Waals surface area contributed by atoms with Gasteiger partial charge < -0.3 is 0 Å². The van der Waals surface area contributed by atoms with Crippen LogP contribution in [0.2, 0.25) is 0 Å². The first-order valence-corrected chi connectivity index (χ1v) is 10.5. The highest BCUT2D eigenvalue weighted by molar-refractivity contribution is 9.10. The zero-order valence-electron chi connectivity index (χ0n) is 14.7. The van der Waals surface area contributed by atoms with Gasteiger partial charge in [-0.2, -0.15) is 0 Å². The summed E-state index contributed by atoms with van der Waals surface area (Å²) in [6, 6.07) is 28.6. The quantitative estimate of drug-likeness (QED) is 0.247. The van der Waals surface area contributed by atoms with Crippen molar-refractivity contribution in [3.8, 4) is 33.4 Å². The number of hydrogen-bond acceptors (Lipinski definition) is 1. The summed E-state index contributed by atoms with van der Waals surface area (Å²) in [7, 11) is 0. The van der Waals surface area contributed by atoms with Gasteiger partial charge >= 0.3 is 0 Å². The van der Waals surface area contributed by atoms with Gasteiger partial charge in [-0.3, -0.25) is 4.79 Å². The van der Waals surface area contributed by atoms with E-state index in [9.17, 15) is 4.79 Å². The summed E-state index contributed by atoms with van der Waals surface area (Å²) in [5.74, 6) is 0.103. The summed E-state index contributed by atoms with van der Waals surface area (Å²) in [6.07, 6.45) is 0. The lowest BCUT2D eigenvalue weighted by molar-refractivity contribution is 0.104. The molecule has 0 saturated heterocycles. The molecular weight excluding hydrogens is 476 g/mol. The Labute approximate surface area is 180 Å². The molecule has 0 heterocycles. The van der Waals surface area contributed by atoms with Crippen molar-refractivity contribution in [2.24, 2.45) is 0 Å². The van der Waals surface area contributed by atoms with Crippen molar-refractivity contribution in [3.05, 3.63) is 105 Å². The Balaban J connectivity index is 1.80. The smallest absolute Gasteiger partial charge is 0.194 e. The minimum Gasteiger partial charge on any atom is -0.289 e. The molecule has 1 aliphatic carbocycles. The lowest BCUT2D eigenvalue weighted by atomic mass is 9.90. The van der Waals surface area contributed by atoms with Gasteiger partial charge in [0.15, 0.2) is 5.78 Å². The first kappa shape index (κ1) is 17.6. The lowest BCUT2D eigenvalue weighted by Gasteiger charge is -2.14. The highest BCUT2D eigenvalue weighted by Gasteiger charge is 2.28. The summed E-state index contributed by atoms with van der Waals surface area (Å²) in [5.41, 5.74) is 8.00. The van der Waals surface area contributed by atoms with Crippen molar-refractivity contribution in [2.45, 2.75) is 0 Å². The van der Waals surface area contributed by atoms with Gasteiger partial charge in [-0.1, -0.05) is 80.4 Å². The average molecular weight is 490 g/mol. The molecule has 0 atom stereocenters. The molecule has 134 valence electrons. The Kier molecular flexibility index (Phi) is 4.30. The van der Waals surface area contributed by atoms with Gasteiger partial charge in [0.2, 0.25) is 0 Å². The predicted octanol–water partition coefficient (Wildman–Crippen LogP) is 7.76. The average Bonchev–Trinajstić information content (AvgIpc) is 3.00. The molecule has 0 amide bonds. The van der Waals surface area contributed by atoms with Crippen LogP contribution in [0.15, 0.2) is 93.9 Å². The molecule has 1 aliphatic rings. The number of carbonyl (C=O) groups is 1. The molecule has 0 spiro atoms. The van der Waals surface area contributed by atoms with Gasteiger partial charge in [0.1, 0.15) is 0 Å². The molecule has 1 nitrogen and oxygen atoms in total. The van der Waals surface area contributed by atoms with E-state index in [1.54, 1.807) is 0 Å². The zero-order chi connectivity index (χ0) is 19.3. The van der Waals surface area contributed by atoms with Crippen molar-refractivity contribution in [2.75, 3.05) is 0 Å². The van der Waals surface area contributed by atoms with Gasteiger partial charge in [0.05, 0.1) is 0 Å². The van der Waals surface area contributed by atoms with Gasteiger partial charge in [-0.05, 0) is 69.8 Å². The number of hydrogen-bond donors (Lipinski definition) is 0. The Hall–Kier alpha value is -2.49. The Bertz CT molecular complexity index is 1220. The molecule has 4 aromatic carbocycles. The maximum absolute atomic E-state index is 13.0. The number of rotatable bonds is 2. The molecule has 4 aromatic rings. The van der Waals surface area contributed by atoms with Crippen LogP contribution in [0.3, 0.4) is 0 Å². The van der Waals surface area contributed by atoms with Crippen molar-refractivity contribution < 1.29 is 4.79 Å². The third-order valence-electron chi connectivity index (χ3n) is 5.17. The summed E-state index contributed by atoms with van der Waals surface area (Å²) >= 11 is 7.03. The van der Waals surface area contributed by atoms with E-state index in [1.165, 1.54) is 0 Å². The van der Waals surface area contributed by atoms with Gasteiger partial charge in [-0.15, -0.1) is 0 Å². The third kappa shape index (κ3) is 2.86. The predicted molar refractivity (Wildman–Crippen MR) is 122 cm³/mol. The summed E-state index contributed by atoms with van der Waals surface area (Å²) in [4.78, 5) is 13.0. The molecule has 0 bridgehead atoms. The first-order valence-electron chi connectivity index (χ1n) is 8.96. The van der Waals surface area contributed by atoms with E-state index in [2.05, 4.69) is 68.3 Å². The molecule has 0 fully saturated rings. The van der Waals surface area contributed by atoms with E-state index in [1.807, 2.05) is 48.5 Å². The molecule has 0 N–H and O–H groups in total. The van der Waals surface area contributed by atoms with Crippen LogP contribution in [0.5, 0.6) is 0 Å². The Morgan fingerprint density at radius 1 is 0.464 bits per heavy atom. The van der Waals surface area contributed by atoms with Crippen LogP contribution >= 0.6 is 31.9 Å². The van der Waals surface area contributed by atoms with Gasteiger partial charge in [0.25, 0.3) is 0 Å². The van der Waals surface area contributed by atoms with Crippen molar-refractivity contribution in [1.82, 2.24) is 0 Å². The minimum absolute atomic E-state index is 0.103. The maximum Gasteiger partial charge on any atom is 0.194 e. The molecule has 3 heteroatoms. The van der Waals surface area contributed by atoms with Crippen LogP contribution in [0.25, 0.3) is 33.4 Å². The summed E-state index contributed by atoms with van der Waals surface area (Å²) in [6.45, 7) is 0. The summed E-state index contributed by atoms with van der Waals surface area (Å²) < 4.78 is 2.08. The van der Waals surface area contributed by atoms with Crippen LogP contribution in [0.4, 0.5) is 0 Å². The maximum atomic E-state index is 13.0. The zero-order valence-corrected chi connectivity index (χ0v) is 17.9. The van der Waals surface area contributed by atoms with E-state index in [4.69, 9.17) is 0 Å². The largest absolute Gasteiger partial charge is 0.289 e. The molecule has 0 aromatic heterocycles. The van der Waals surface area contributed by atoms with E-state index in [-0.39, 0.29) is 5.78 Å². The minimum atomic E-state index is 0.103. The van der Waals surface area contributed by atoms with Gasteiger partial charge in [0, 0.05) is 20.1 Å². The fourth-order valence-electron chi connectivity index (χ4n) is 3.81. The highest BCUT2D eigenvalue weighted by atomic mass is 79.9. The second-order valence-corrected chi connectivity index (χ2v) is 8.66. The number of halogens is 2.